The Labute approximate surface area is 130 Å². The molecular weight excluding hydrogens is 300 g/mol. The fraction of sp³-hybridized carbons (Fsp3) is 0.267. The molecule has 1 aromatic carbocycles. The fourth-order valence-corrected chi connectivity index (χ4v) is 3.64. The first-order valence-electron chi connectivity index (χ1n) is 7.10. The zero-order chi connectivity index (χ0) is 14.9. The van der Waals surface area contributed by atoms with E-state index in [9.17, 15) is 4.79 Å². The Morgan fingerprint density at radius 3 is 2.73 bits per heavy atom. The average molecular weight is 314 g/mol. The number of aromatic nitrogens is 3. The molecule has 0 unspecified atom stereocenters. The summed E-state index contributed by atoms with van der Waals surface area (Å²) in [6.45, 7) is 2.98. The Hall–Kier alpha value is -2.25. The van der Waals surface area contributed by atoms with Gasteiger partial charge >= 0.3 is 0 Å². The first-order chi connectivity index (χ1) is 10.8. The number of H-pyrrole nitrogens is 1. The van der Waals surface area contributed by atoms with Gasteiger partial charge in [-0.2, -0.15) is 5.10 Å². The summed E-state index contributed by atoms with van der Waals surface area (Å²) in [6, 6.07) is 9.83. The van der Waals surface area contributed by atoms with E-state index in [1.807, 2.05) is 30.3 Å². The predicted octanol–water partition coefficient (Wildman–Crippen LogP) is 1.88. The Balaban J connectivity index is 1.87. The van der Waals surface area contributed by atoms with Crippen LogP contribution in [0, 0.1) is 0 Å². The molecule has 0 aliphatic carbocycles. The number of rotatable bonds is 2. The van der Waals surface area contributed by atoms with Crippen molar-refractivity contribution in [2.45, 2.75) is 0 Å². The molecule has 0 radical (unpaired) electrons. The van der Waals surface area contributed by atoms with Gasteiger partial charge < -0.3 is 9.64 Å². The zero-order valence-corrected chi connectivity index (χ0v) is 12.6. The van der Waals surface area contributed by atoms with Crippen molar-refractivity contribution in [1.82, 2.24) is 15.2 Å². The van der Waals surface area contributed by atoms with E-state index in [0.29, 0.717) is 18.7 Å². The summed E-state index contributed by atoms with van der Waals surface area (Å²) >= 11 is 1.52. The number of anilines is 1. The van der Waals surface area contributed by atoms with Crippen molar-refractivity contribution in [2.75, 3.05) is 31.2 Å². The molecule has 1 saturated heterocycles. The van der Waals surface area contributed by atoms with E-state index in [4.69, 9.17) is 4.74 Å². The second-order valence-electron chi connectivity index (χ2n) is 5.04. The molecule has 1 N–H and O–H groups in total. The summed E-state index contributed by atoms with van der Waals surface area (Å²) in [6.07, 6.45) is 0. The van der Waals surface area contributed by atoms with Crippen LogP contribution in [0.25, 0.3) is 21.5 Å². The molecule has 1 fully saturated rings. The second-order valence-corrected chi connectivity index (χ2v) is 6.02. The third kappa shape index (κ3) is 2.28. The third-order valence-electron chi connectivity index (χ3n) is 3.64. The molecule has 0 saturated carbocycles. The van der Waals surface area contributed by atoms with Gasteiger partial charge in [0.15, 0.2) is 10.6 Å². The van der Waals surface area contributed by atoms with Crippen molar-refractivity contribution in [3.05, 3.63) is 40.7 Å². The smallest absolute Gasteiger partial charge is 0.291 e. The average Bonchev–Trinajstić information content (AvgIpc) is 3.03. The molecule has 0 spiro atoms. The van der Waals surface area contributed by atoms with E-state index in [1.54, 1.807) is 0 Å². The highest BCUT2D eigenvalue weighted by Crippen LogP contribution is 2.33. The maximum atomic E-state index is 12.0. The second kappa shape index (κ2) is 5.51. The van der Waals surface area contributed by atoms with Crippen LogP contribution in [0.2, 0.25) is 0 Å². The lowest BCUT2D eigenvalue weighted by atomic mass is 10.1. The van der Waals surface area contributed by atoms with E-state index in [-0.39, 0.29) is 5.56 Å². The van der Waals surface area contributed by atoms with Gasteiger partial charge in [-0.25, -0.2) is 10.1 Å². The maximum Gasteiger partial charge on any atom is 0.291 e. The molecule has 4 rings (SSSR count). The van der Waals surface area contributed by atoms with Crippen LogP contribution in [0.3, 0.4) is 0 Å². The Morgan fingerprint density at radius 2 is 1.95 bits per heavy atom. The van der Waals surface area contributed by atoms with Crippen LogP contribution in [-0.4, -0.2) is 41.5 Å². The molecule has 2 aromatic heterocycles. The predicted molar refractivity (Wildman–Crippen MR) is 86.5 cm³/mol. The number of thiazole rings is 1. The molecule has 0 amide bonds. The molecule has 7 heteroatoms. The van der Waals surface area contributed by atoms with Crippen molar-refractivity contribution in [3.63, 3.8) is 0 Å². The SMILES string of the molecule is O=c1[nH]nc(-c2ccccc2)c2sc(N3CCOCC3)nc12. The van der Waals surface area contributed by atoms with E-state index in [1.165, 1.54) is 11.3 Å². The van der Waals surface area contributed by atoms with Crippen molar-refractivity contribution in [1.29, 1.82) is 0 Å². The highest BCUT2D eigenvalue weighted by Gasteiger charge is 2.19. The summed E-state index contributed by atoms with van der Waals surface area (Å²) in [7, 11) is 0. The third-order valence-corrected chi connectivity index (χ3v) is 4.77. The molecule has 3 aromatic rings. The number of nitrogens with zero attached hydrogens (tertiary/aromatic N) is 3. The summed E-state index contributed by atoms with van der Waals surface area (Å²) in [5, 5.41) is 7.63. The topological polar surface area (TPSA) is 71.1 Å². The molecule has 0 atom stereocenters. The lowest BCUT2D eigenvalue weighted by Gasteiger charge is -2.25. The van der Waals surface area contributed by atoms with Crippen LogP contribution in [0.4, 0.5) is 5.13 Å². The van der Waals surface area contributed by atoms with Gasteiger partial charge in [0.25, 0.3) is 5.56 Å². The Bertz CT molecular complexity index is 853. The normalized spacial score (nSPS) is 15.4. The van der Waals surface area contributed by atoms with E-state index >= 15 is 0 Å². The van der Waals surface area contributed by atoms with Gasteiger partial charge in [0.2, 0.25) is 0 Å². The molecule has 6 nitrogen and oxygen atoms in total. The van der Waals surface area contributed by atoms with Crippen molar-refractivity contribution >= 4 is 26.7 Å². The van der Waals surface area contributed by atoms with E-state index in [0.717, 1.165) is 34.2 Å². The van der Waals surface area contributed by atoms with Crippen LogP contribution in [0.5, 0.6) is 0 Å². The zero-order valence-electron chi connectivity index (χ0n) is 11.8. The van der Waals surface area contributed by atoms with Gasteiger partial charge in [-0.05, 0) is 0 Å². The van der Waals surface area contributed by atoms with Crippen molar-refractivity contribution < 1.29 is 4.74 Å². The number of fused-ring (bicyclic) bond motifs is 1. The first-order valence-corrected chi connectivity index (χ1v) is 7.92. The van der Waals surface area contributed by atoms with Crippen LogP contribution in [0.1, 0.15) is 0 Å². The maximum absolute atomic E-state index is 12.0. The molecule has 1 aliphatic heterocycles. The first kappa shape index (κ1) is 13.4. The lowest BCUT2D eigenvalue weighted by molar-refractivity contribution is 0.122. The van der Waals surface area contributed by atoms with Gasteiger partial charge in [0.1, 0.15) is 5.69 Å². The number of aromatic amines is 1. The molecule has 3 heterocycles. The molecule has 22 heavy (non-hydrogen) atoms. The fourth-order valence-electron chi connectivity index (χ4n) is 2.52. The van der Waals surface area contributed by atoms with Crippen molar-refractivity contribution in [3.8, 4) is 11.3 Å². The number of ether oxygens (including phenoxy) is 1. The van der Waals surface area contributed by atoms with E-state index < -0.39 is 0 Å². The van der Waals surface area contributed by atoms with Gasteiger partial charge in [0, 0.05) is 18.7 Å². The van der Waals surface area contributed by atoms with Gasteiger partial charge in [0.05, 0.1) is 17.9 Å². The molecule has 0 bridgehead atoms. The minimum absolute atomic E-state index is 0.245. The highest BCUT2D eigenvalue weighted by molar-refractivity contribution is 7.22. The van der Waals surface area contributed by atoms with Crippen LogP contribution < -0.4 is 10.5 Å². The standard InChI is InChI=1S/C15H14N4O2S/c20-14-12-13(11(17-18-14)10-4-2-1-3-5-10)22-15(16-12)19-6-8-21-9-7-19/h1-5H,6-9H2,(H,18,20). The summed E-state index contributed by atoms with van der Waals surface area (Å²) in [4.78, 5) is 18.7. The van der Waals surface area contributed by atoms with Crippen LogP contribution in [-0.2, 0) is 4.74 Å². The highest BCUT2D eigenvalue weighted by atomic mass is 32.1. The Morgan fingerprint density at radius 1 is 1.18 bits per heavy atom. The summed E-state index contributed by atoms with van der Waals surface area (Å²) in [5.41, 5.74) is 1.96. The number of hydrogen-bond donors (Lipinski definition) is 1. The van der Waals surface area contributed by atoms with Crippen LogP contribution >= 0.6 is 11.3 Å². The Kier molecular flexibility index (Phi) is 3.36. The number of hydrogen-bond acceptors (Lipinski definition) is 6. The number of nitrogens with one attached hydrogen (secondary N) is 1. The van der Waals surface area contributed by atoms with Gasteiger partial charge in [-0.1, -0.05) is 41.7 Å². The summed E-state index contributed by atoms with van der Waals surface area (Å²) in [5.74, 6) is 0. The number of morpholine rings is 1. The van der Waals surface area contributed by atoms with Gasteiger partial charge in [-0.3, -0.25) is 4.79 Å². The monoisotopic (exact) mass is 314 g/mol. The minimum Gasteiger partial charge on any atom is -0.378 e. The van der Waals surface area contributed by atoms with E-state index in [2.05, 4.69) is 20.1 Å². The minimum atomic E-state index is -0.245. The molecule has 112 valence electrons. The van der Waals surface area contributed by atoms with Crippen molar-refractivity contribution in [2.24, 2.45) is 0 Å². The van der Waals surface area contributed by atoms with Crippen LogP contribution in [0.15, 0.2) is 35.1 Å². The molecular formula is C15H14N4O2S. The van der Waals surface area contributed by atoms with Gasteiger partial charge in [-0.15, -0.1) is 0 Å². The lowest BCUT2D eigenvalue weighted by Crippen LogP contribution is -2.36. The number of benzene rings is 1. The quantitative estimate of drug-likeness (QED) is 0.782. The summed E-state index contributed by atoms with van der Waals surface area (Å²) < 4.78 is 6.20. The largest absolute Gasteiger partial charge is 0.378 e. The molecule has 1 aliphatic rings.